The van der Waals surface area contributed by atoms with E-state index in [1.807, 2.05) is 0 Å². The zero-order valence-electron chi connectivity index (χ0n) is 16.2. The third-order valence-corrected chi connectivity index (χ3v) is 4.93. The summed E-state index contributed by atoms with van der Waals surface area (Å²) in [6.45, 7) is 9.64. The van der Waals surface area contributed by atoms with Crippen molar-refractivity contribution in [1.29, 1.82) is 0 Å². The number of benzene rings is 3. The Morgan fingerprint density at radius 1 is 0.692 bits per heavy atom. The van der Waals surface area contributed by atoms with Crippen molar-refractivity contribution in [2.24, 2.45) is 0 Å². The highest BCUT2D eigenvalue weighted by Crippen LogP contribution is 2.21. The minimum absolute atomic E-state index is 0.561. The van der Waals surface area contributed by atoms with Gasteiger partial charge in [0.1, 0.15) is 0 Å². The molecule has 1 heteroatoms. The summed E-state index contributed by atoms with van der Waals surface area (Å²) in [5.74, 6) is 0.561. The molecule has 3 rings (SSSR count). The highest BCUT2D eigenvalue weighted by Gasteiger charge is 2.11. The quantitative estimate of drug-likeness (QED) is 0.485. The molecule has 0 saturated carbocycles. The van der Waals surface area contributed by atoms with E-state index < -0.39 is 0 Å². The van der Waals surface area contributed by atoms with Crippen LogP contribution >= 0.6 is 0 Å². The molecule has 0 spiro atoms. The van der Waals surface area contributed by atoms with Gasteiger partial charge in [-0.25, -0.2) is 0 Å². The lowest BCUT2D eigenvalue weighted by Gasteiger charge is -2.24. The maximum Gasteiger partial charge on any atom is 0.0243 e. The molecule has 0 radical (unpaired) electrons. The first kappa shape index (κ1) is 18.4. The molecule has 3 aromatic carbocycles. The molecular weight excluding hydrogens is 314 g/mol. The van der Waals surface area contributed by atoms with Crippen LogP contribution < -0.4 is 0 Å². The molecule has 1 nitrogen and oxygen atoms in total. The predicted octanol–water partition coefficient (Wildman–Crippen LogP) is 6.32. The van der Waals surface area contributed by atoms with Crippen molar-refractivity contribution >= 4 is 0 Å². The van der Waals surface area contributed by atoms with Gasteiger partial charge in [-0.05, 0) is 40.7 Å². The van der Waals surface area contributed by atoms with Crippen LogP contribution in [-0.4, -0.2) is 4.90 Å². The van der Waals surface area contributed by atoms with E-state index in [4.69, 9.17) is 0 Å². The standard InChI is InChI=1S/C25H29N/c1-20(2)24-15-14-21(3)25(16-24)19-26(17-22-10-6-4-7-11-22)18-23-12-8-5-9-13-23/h4-16,20H,17-19H2,1-3H3. The number of aryl methyl sites for hydroxylation is 1. The molecule has 0 saturated heterocycles. The van der Waals surface area contributed by atoms with Crippen LogP contribution in [0.15, 0.2) is 78.9 Å². The summed E-state index contributed by atoms with van der Waals surface area (Å²) >= 11 is 0. The van der Waals surface area contributed by atoms with Gasteiger partial charge in [-0.1, -0.05) is 92.7 Å². The van der Waals surface area contributed by atoms with Crippen molar-refractivity contribution in [3.8, 4) is 0 Å². The highest BCUT2D eigenvalue weighted by atomic mass is 15.1. The smallest absolute Gasteiger partial charge is 0.0243 e. The molecule has 134 valence electrons. The van der Waals surface area contributed by atoms with Crippen molar-refractivity contribution in [2.75, 3.05) is 0 Å². The van der Waals surface area contributed by atoms with Crippen LogP contribution in [0, 0.1) is 6.92 Å². The lowest BCUT2D eigenvalue weighted by molar-refractivity contribution is 0.247. The van der Waals surface area contributed by atoms with Crippen LogP contribution in [0.25, 0.3) is 0 Å². The van der Waals surface area contributed by atoms with E-state index in [1.165, 1.54) is 27.8 Å². The van der Waals surface area contributed by atoms with Crippen molar-refractivity contribution in [2.45, 2.75) is 46.3 Å². The molecule has 0 heterocycles. The van der Waals surface area contributed by atoms with E-state index in [0.717, 1.165) is 19.6 Å². The Morgan fingerprint density at radius 3 is 1.73 bits per heavy atom. The summed E-state index contributed by atoms with van der Waals surface area (Å²) in [5, 5.41) is 0. The highest BCUT2D eigenvalue weighted by molar-refractivity contribution is 5.33. The Bertz CT molecular complexity index is 765. The van der Waals surface area contributed by atoms with Gasteiger partial charge < -0.3 is 0 Å². The van der Waals surface area contributed by atoms with E-state index in [1.54, 1.807) is 0 Å². The Kier molecular flexibility index (Phi) is 6.25. The summed E-state index contributed by atoms with van der Waals surface area (Å²) in [6.07, 6.45) is 0. The molecule has 0 N–H and O–H groups in total. The summed E-state index contributed by atoms with van der Waals surface area (Å²) < 4.78 is 0. The van der Waals surface area contributed by atoms with Gasteiger partial charge in [-0.2, -0.15) is 0 Å². The van der Waals surface area contributed by atoms with Crippen LogP contribution in [0.4, 0.5) is 0 Å². The number of hydrogen-bond acceptors (Lipinski definition) is 1. The lowest BCUT2D eigenvalue weighted by atomic mass is 9.97. The van der Waals surface area contributed by atoms with Gasteiger partial charge in [0.15, 0.2) is 0 Å². The fraction of sp³-hybridized carbons (Fsp3) is 0.280. The fourth-order valence-electron chi connectivity index (χ4n) is 3.31. The third-order valence-electron chi connectivity index (χ3n) is 4.93. The van der Waals surface area contributed by atoms with Crippen molar-refractivity contribution < 1.29 is 0 Å². The second-order valence-corrected chi connectivity index (χ2v) is 7.46. The molecule has 0 amide bonds. The molecule has 3 aromatic rings. The summed E-state index contributed by atoms with van der Waals surface area (Å²) in [7, 11) is 0. The Labute approximate surface area is 158 Å². The first-order chi connectivity index (χ1) is 12.6. The average Bonchev–Trinajstić information content (AvgIpc) is 2.65. The summed E-state index contributed by atoms with van der Waals surface area (Å²) in [6, 6.07) is 28.5. The van der Waals surface area contributed by atoms with Crippen molar-refractivity contribution in [3.05, 3.63) is 107 Å². The number of rotatable bonds is 7. The van der Waals surface area contributed by atoms with Crippen molar-refractivity contribution in [1.82, 2.24) is 4.90 Å². The molecule has 0 bridgehead atoms. The largest absolute Gasteiger partial charge is 0.291 e. The molecule has 0 aliphatic carbocycles. The second kappa shape index (κ2) is 8.82. The van der Waals surface area contributed by atoms with Crippen molar-refractivity contribution in [3.63, 3.8) is 0 Å². The molecular formula is C25H29N. The van der Waals surface area contributed by atoms with E-state index in [2.05, 4.69) is 105 Å². The Balaban J connectivity index is 1.84. The Hall–Kier alpha value is -2.38. The Morgan fingerprint density at radius 2 is 1.23 bits per heavy atom. The van der Waals surface area contributed by atoms with Crippen LogP contribution in [0.3, 0.4) is 0 Å². The topological polar surface area (TPSA) is 3.24 Å². The van der Waals surface area contributed by atoms with Gasteiger partial charge in [0, 0.05) is 19.6 Å². The van der Waals surface area contributed by atoms with Crippen LogP contribution in [-0.2, 0) is 19.6 Å². The molecule has 0 aliphatic heterocycles. The van der Waals surface area contributed by atoms with Gasteiger partial charge >= 0.3 is 0 Å². The predicted molar refractivity (Wildman–Crippen MR) is 111 cm³/mol. The average molecular weight is 344 g/mol. The first-order valence-electron chi connectivity index (χ1n) is 9.51. The minimum atomic E-state index is 0.561. The minimum Gasteiger partial charge on any atom is -0.291 e. The molecule has 0 aliphatic rings. The SMILES string of the molecule is Cc1ccc(C(C)C)cc1CN(Cc1ccccc1)Cc1ccccc1. The van der Waals surface area contributed by atoms with E-state index >= 15 is 0 Å². The second-order valence-electron chi connectivity index (χ2n) is 7.46. The van der Waals surface area contributed by atoms with E-state index in [0.29, 0.717) is 5.92 Å². The molecule has 0 atom stereocenters. The molecule has 26 heavy (non-hydrogen) atoms. The summed E-state index contributed by atoms with van der Waals surface area (Å²) in [4.78, 5) is 2.54. The van der Waals surface area contributed by atoms with Crippen LogP contribution in [0.1, 0.15) is 47.6 Å². The van der Waals surface area contributed by atoms with Gasteiger partial charge in [0.2, 0.25) is 0 Å². The normalized spacial score (nSPS) is 11.3. The fourth-order valence-corrected chi connectivity index (χ4v) is 3.31. The number of nitrogens with zero attached hydrogens (tertiary/aromatic N) is 1. The lowest BCUT2D eigenvalue weighted by Crippen LogP contribution is -2.23. The summed E-state index contributed by atoms with van der Waals surface area (Å²) in [5.41, 5.74) is 6.95. The van der Waals surface area contributed by atoms with E-state index in [-0.39, 0.29) is 0 Å². The monoisotopic (exact) mass is 343 g/mol. The molecule has 0 aromatic heterocycles. The maximum absolute atomic E-state index is 2.54. The van der Waals surface area contributed by atoms with Gasteiger partial charge in [-0.3, -0.25) is 4.90 Å². The number of hydrogen-bond donors (Lipinski definition) is 0. The first-order valence-corrected chi connectivity index (χ1v) is 9.51. The van der Waals surface area contributed by atoms with Crippen LogP contribution in [0.5, 0.6) is 0 Å². The zero-order chi connectivity index (χ0) is 18.4. The van der Waals surface area contributed by atoms with E-state index in [9.17, 15) is 0 Å². The molecule has 0 fully saturated rings. The van der Waals surface area contributed by atoms with Crippen LogP contribution in [0.2, 0.25) is 0 Å². The zero-order valence-corrected chi connectivity index (χ0v) is 16.2. The maximum atomic E-state index is 2.54. The molecule has 0 unspecified atom stereocenters. The van der Waals surface area contributed by atoms with Gasteiger partial charge in [0.05, 0.1) is 0 Å². The van der Waals surface area contributed by atoms with Gasteiger partial charge in [0.25, 0.3) is 0 Å². The third kappa shape index (κ3) is 5.06. The van der Waals surface area contributed by atoms with Gasteiger partial charge in [-0.15, -0.1) is 0 Å².